The SMILES string of the molecule is CCCOc1ccc(C(=O)Nc2nc(-c3ccc(NS(C)(=O)=O)cc3)cs2)cc1OCC. The van der Waals surface area contributed by atoms with Crippen molar-refractivity contribution in [2.75, 3.05) is 29.5 Å². The number of nitrogens with one attached hydrogen (secondary N) is 2. The number of nitrogens with zero attached hydrogens (tertiary/aromatic N) is 1. The minimum atomic E-state index is -3.33. The molecule has 1 aromatic heterocycles. The summed E-state index contributed by atoms with van der Waals surface area (Å²) >= 11 is 1.30. The van der Waals surface area contributed by atoms with Gasteiger partial charge in [0.15, 0.2) is 16.6 Å². The highest BCUT2D eigenvalue weighted by molar-refractivity contribution is 7.92. The lowest BCUT2D eigenvalue weighted by atomic mass is 10.1. The van der Waals surface area contributed by atoms with Gasteiger partial charge in [-0.15, -0.1) is 11.3 Å². The Morgan fingerprint density at radius 3 is 2.47 bits per heavy atom. The van der Waals surface area contributed by atoms with E-state index in [-0.39, 0.29) is 5.91 Å². The predicted molar refractivity (Wildman–Crippen MR) is 127 cm³/mol. The van der Waals surface area contributed by atoms with Gasteiger partial charge in [-0.3, -0.25) is 14.8 Å². The van der Waals surface area contributed by atoms with Crippen molar-refractivity contribution in [3.63, 3.8) is 0 Å². The van der Waals surface area contributed by atoms with E-state index in [1.165, 1.54) is 11.3 Å². The number of benzene rings is 2. The molecule has 0 aliphatic rings. The van der Waals surface area contributed by atoms with E-state index >= 15 is 0 Å². The highest BCUT2D eigenvalue weighted by Crippen LogP contribution is 2.30. The van der Waals surface area contributed by atoms with Crippen molar-refractivity contribution in [1.82, 2.24) is 4.98 Å². The van der Waals surface area contributed by atoms with Crippen molar-refractivity contribution >= 4 is 38.1 Å². The van der Waals surface area contributed by atoms with Gasteiger partial charge < -0.3 is 9.47 Å². The first-order valence-electron chi connectivity index (χ1n) is 10.0. The molecule has 0 bridgehead atoms. The number of ether oxygens (including phenoxy) is 2. The fraction of sp³-hybridized carbons (Fsp3) is 0.273. The second kappa shape index (κ2) is 10.5. The van der Waals surface area contributed by atoms with E-state index in [4.69, 9.17) is 9.47 Å². The fourth-order valence-electron chi connectivity index (χ4n) is 2.81. The number of sulfonamides is 1. The van der Waals surface area contributed by atoms with E-state index < -0.39 is 10.0 Å². The fourth-order valence-corrected chi connectivity index (χ4v) is 4.08. The van der Waals surface area contributed by atoms with E-state index in [1.54, 1.807) is 42.5 Å². The molecule has 170 valence electrons. The van der Waals surface area contributed by atoms with Crippen molar-refractivity contribution in [2.24, 2.45) is 0 Å². The van der Waals surface area contributed by atoms with Crippen LogP contribution in [0.25, 0.3) is 11.3 Å². The van der Waals surface area contributed by atoms with Crippen LogP contribution in [0.2, 0.25) is 0 Å². The third kappa shape index (κ3) is 6.44. The highest BCUT2D eigenvalue weighted by atomic mass is 32.2. The molecular weight excluding hydrogens is 450 g/mol. The Labute approximate surface area is 191 Å². The minimum Gasteiger partial charge on any atom is -0.490 e. The summed E-state index contributed by atoms with van der Waals surface area (Å²) in [5.74, 6) is 0.827. The zero-order valence-electron chi connectivity index (χ0n) is 18.0. The Balaban J connectivity index is 1.71. The van der Waals surface area contributed by atoms with E-state index in [2.05, 4.69) is 15.0 Å². The molecule has 3 aromatic rings. The van der Waals surface area contributed by atoms with E-state index in [0.717, 1.165) is 18.2 Å². The first kappa shape index (κ1) is 23.6. The molecule has 0 radical (unpaired) electrons. The summed E-state index contributed by atoms with van der Waals surface area (Å²) in [6.07, 6.45) is 1.97. The number of rotatable bonds is 10. The van der Waals surface area contributed by atoms with Gasteiger partial charge in [0.25, 0.3) is 5.91 Å². The maximum Gasteiger partial charge on any atom is 0.257 e. The summed E-state index contributed by atoms with van der Waals surface area (Å²) in [7, 11) is -3.33. The summed E-state index contributed by atoms with van der Waals surface area (Å²) in [6, 6.07) is 11.9. The maximum atomic E-state index is 12.7. The van der Waals surface area contributed by atoms with Crippen molar-refractivity contribution < 1.29 is 22.7 Å². The van der Waals surface area contributed by atoms with Crippen LogP contribution < -0.4 is 19.5 Å². The van der Waals surface area contributed by atoms with Crippen molar-refractivity contribution in [3.05, 3.63) is 53.4 Å². The smallest absolute Gasteiger partial charge is 0.257 e. The lowest BCUT2D eigenvalue weighted by Gasteiger charge is -2.12. The summed E-state index contributed by atoms with van der Waals surface area (Å²) in [4.78, 5) is 17.2. The third-order valence-electron chi connectivity index (χ3n) is 4.18. The van der Waals surface area contributed by atoms with E-state index in [1.807, 2.05) is 19.2 Å². The van der Waals surface area contributed by atoms with Gasteiger partial charge in [-0.05, 0) is 43.7 Å². The first-order valence-corrected chi connectivity index (χ1v) is 12.8. The van der Waals surface area contributed by atoms with Gasteiger partial charge in [0.1, 0.15) is 0 Å². The van der Waals surface area contributed by atoms with Crippen LogP contribution in [0.15, 0.2) is 47.8 Å². The van der Waals surface area contributed by atoms with Crippen LogP contribution in [-0.4, -0.2) is 38.8 Å². The second-order valence-electron chi connectivity index (χ2n) is 6.89. The van der Waals surface area contributed by atoms with Crippen LogP contribution in [-0.2, 0) is 10.0 Å². The Bertz CT molecular complexity index is 1170. The Kier molecular flexibility index (Phi) is 7.70. The van der Waals surface area contributed by atoms with Crippen LogP contribution in [0.1, 0.15) is 30.6 Å². The van der Waals surface area contributed by atoms with Crippen molar-refractivity contribution in [2.45, 2.75) is 20.3 Å². The van der Waals surface area contributed by atoms with Gasteiger partial charge in [0.05, 0.1) is 25.2 Å². The van der Waals surface area contributed by atoms with E-state index in [0.29, 0.717) is 46.8 Å². The molecule has 1 heterocycles. The number of aromatic nitrogens is 1. The summed E-state index contributed by atoms with van der Waals surface area (Å²) < 4.78 is 36.4. The van der Waals surface area contributed by atoms with Crippen molar-refractivity contribution in [1.29, 1.82) is 0 Å². The third-order valence-corrected chi connectivity index (χ3v) is 5.54. The summed E-state index contributed by atoms with van der Waals surface area (Å²) in [5, 5.41) is 5.08. The molecule has 2 aromatic carbocycles. The van der Waals surface area contributed by atoms with Crippen LogP contribution in [0.3, 0.4) is 0 Å². The molecule has 0 saturated carbocycles. The first-order chi connectivity index (χ1) is 15.3. The maximum absolute atomic E-state index is 12.7. The van der Waals surface area contributed by atoms with Gasteiger partial charge in [0, 0.05) is 22.2 Å². The average molecular weight is 476 g/mol. The Hall–Kier alpha value is -3.11. The number of hydrogen-bond acceptors (Lipinski definition) is 7. The van der Waals surface area contributed by atoms with Gasteiger partial charge >= 0.3 is 0 Å². The number of carbonyl (C=O) groups is 1. The lowest BCUT2D eigenvalue weighted by Crippen LogP contribution is -2.12. The number of amides is 1. The molecule has 0 unspecified atom stereocenters. The minimum absolute atomic E-state index is 0.304. The Morgan fingerprint density at radius 1 is 1.06 bits per heavy atom. The number of thiazole rings is 1. The average Bonchev–Trinajstić information content (AvgIpc) is 3.21. The molecule has 0 saturated heterocycles. The van der Waals surface area contributed by atoms with Crippen molar-refractivity contribution in [3.8, 4) is 22.8 Å². The largest absolute Gasteiger partial charge is 0.490 e. The van der Waals surface area contributed by atoms with Gasteiger partial charge in [-0.2, -0.15) is 0 Å². The number of hydrogen-bond donors (Lipinski definition) is 2. The summed E-state index contributed by atoms with van der Waals surface area (Å²) in [6.45, 7) is 4.92. The molecule has 1 amide bonds. The standard InChI is InChI=1S/C22H25N3O5S2/c1-4-12-30-19-11-8-16(13-20(19)29-5-2)21(26)24-22-23-18(14-31-22)15-6-9-17(10-7-15)25-32(3,27)28/h6-11,13-14,25H,4-5,12H2,1-3H3,(H,23,24,26). The zero-order chi connectivity index (χ0) is 23.1. The zero-order valence-corrected chi connectivity index (χ0v) is 19.7. The van der Waals surface area contributed by atoms with Crippen LogP contribution in [0, 0.1) is 0 Å². The number of carbonyl (C=O) groups excluding carboxylic acids is 1. The van der Waals surface area contributed by atoms with Crippen LogP contribution >= 0.6 is 11.3 Å². The van der Waals surface area contributed by atoms with Gasteiger partial charge in [-0.25, -0.2) is 13.4 Å². The molecule has 10 heteroatoms. The van der Waals surface area contributed by atoms with Crippen LogP contribution in [0.5, 0.6) is 11.5 Å². The molecule has 0 atom stereocenters. The quantitative estimate of drug-likeness (QED) is 0.443. The normalized spacial score (nSPS) is 11.1. The second-order valence-corrected chi connectivity index (χ2v) is 9.49. The molecular formula is C22H25N3O5S2. The molecule has 3 rings (SSSR count). The summed E-state index contributed by atoms with van der Waals surface area (Å²) in [5.41, 5.74) is 2.38. The molecule has 0 spiro atoms. The Morgan fingerprint density at radius 2 is 1.81 bits per heavy atom. The monoisotopic (exact) mass is 475 g/mol. The molecule has 8 nitrogen and oxygen atoms in total. The number of anilines is 2. The molecule has 2 N–H and O–H groups in total. The molecule has 0 aliphatic carbocycles. The van der Waals surface area contributed by atoms with Gasteiger partial charge in [0.2, 0.25) is 10.0 Å². The van der Waals surface area contributed by atoms with E-state index in [9.17, 15) is 13.2 Å². The lowest BCUT2D eigenvalue weighted by molar-refractivity contribution is 0.102. The van der Waals surface area contributed by atoms with Crippen LogP contribution in [0.4, 0.5) is 10.8 Å². The highest BCUT2D eigenvalue weighted by Gasteiger charge is 2.14. The molecule has 0 fully saturated rings. The molecule has 32 heavy (non-hydrogen) atoms. The predicted octanol–water partition coefficient (Wildman–Crippen LogP) is 4.62. The van der Waals surface area contributed by atoms with Gasteiger partial charge in [-0.1, -0.05) is 19.1 Å². The topological polar surface area (TPSA) is 107 Å². The molecule has 0 aliphatic heterocycles.